The van der Waals surface area contributed by atoms with Crippen LogP contribution in [0, 0.1) is 0 Å². The number of benzene rings is 1. The molecule has 0 saturated heterocycles. The molecular weight excluding hydrogens is 276 g/mol. The number of carboxylic acids is 1. The Morgan fingerprint density at radius 3 is 2.05 bits per heavy atom. The average Bonchev–Trinajstić information content (AvgIpc) is 2.50. The standard InChI is InChI=1S/C19H30O3/c1-2-3-4-5-6-7-8-9-10-11-12-16-13-14-18(20)17(15-16)19(21)22/h13-15,20H,2-12H2,1H3,(H,21,22)/p-1. The molecule has 1 N–H and O–H groups in total. The van der Waals surface area contributed by atoms with Crippen molar-refractivity contribution in [1.82, 2.24) is 0 Å². The lowest BCUT2D eigenvalue weighted by Crippen LogP contribution is -2.04. The Morgan fingerprint density at radius 2 is 1.50 bits per heavy atom. The fourth-order valence-electron chi connectivity index (χ4n) is 2.72. The first-order chi connectivity index (χ1) is 10.6. The second kappa shape index (κ2) is 11.1. The zero-order valence-corrected chi connectivity index (χ0v) is 13.8. The van der Waals surface area contributed by atoms with Gasteiger partial charge in [-0.2, -0.15) is 0 Å². The molecule has 3 heteroatoms. The lowest BCUT2D eigenvalue weighted by atomic mass is 10.0. The highest BCUT2D eigenvalue weighted by molar-refractivity contribution is 5.90. The van der Waals surface area contributed by atoms with Gasteiger partial charge in [0.25, 0.3) is 0 Å². The largest absolute Gasteiger partial charge is 0.872 e. The molecule has 0 unspecified atom stereocenters. The molecule has 1 aromatic carbocycles. The second-order valence-corrected chi connectivity index (χ2v) is 6.07. The summed E-state index contributed by atoms with van der Waals surface area (Å²) in [6.45, 7) is 2.24. The molecule has 0 heterocycles. The lowest BCUT2D eigenvalue weighted by Gasteiger charge is -2.11. The van der Waals surface area contributed by atoms with Crippen LogP contribution in [0.3, 0.4) is 0 Å². The minimum Gasteiger partial charge on any atom is -0.872 e. The highest BCUT2D eigenvalue weighted by Gasteiger charge is 2.05. The van der Waals surface area contributed by atoms with Gasteiger partial charge in [0.2, 0.25) is 0 Å². The normalized spacial score (nSPS) is 10.8. The van der Waals surface area contributed by atoms with E-state index < -0.39 is 11.7 Å². The zero-order chi connectivity index (χ0) is 16.2. The third kappa shape index (κ3) is 7.48. The van der Waals surface area contributed by atoms with E-state index >= 15 is 0 Å². The number of rotatable bonds is 12. The molecule has 0 radical (unpaired) electrons. The minimum absolute atomic E-state index is 0.107. The lowest BCUT2D eigenvalue weighted by molar-refractivity contribution is -0.268. The first-order valence-corrected chi connectivity index (χ1v) is 8.68. The van der Waals surface area contributed by atoms with Crippen LogP contribution in [0.5, 0.6) is 5.75 Å². The Bertz CT molecular complexity index is 440. The molecule has 0 atom stereocenters. The van der Waals surface area contributed by atoms with E-state index in [1.165, 1.54) is 69.9 Å². The first-order valence-electron chi connectivity index (χ1n) is 8.68. The summed E-state index contributed by atoms with van der Waals surface area (Å²) in [6.07, 6.45) is 13.7. The highest BCUT2D eigenvalue weighted by Crippen LogP contribution is 2.18. The van der Waals surface area contributed by atoms with Gasteiger partial charge < -0.3 is 10.2 Å². The van der Waals surface area contributed by atoms with Crippen molar-refractivity contribution < 1.29 is 15.0 Å². The Balaban J connectivity index is 2.10. The van der Waals surface area contributed by atoms with Gasteiger partial charge in [-0.05, 0) is 24.5 Å². The van der Waals surface area contributed by atoms with Crippen LogP contribution >= 0.6 is 0 Å². The van der Waals surface area contributed by atoms with E-state index in [2.05, 4.69) is 6.92 Å². The third-order valence-corrected chi connectivity index (χ3v) is 4.09. The van der Waals surface area contributed by atoms with Gasteiger partial charge in [-0.25, -0.2) is 4.79 Å². The van der Waals surface area contributed by atoms with Gasteiger partial charge in [-0.3, -0.25) is 0 Å². The summed E-state index contributed by atoms with van der Waals surface area (Å²) >= 11 is 0. The fraction of sp³-hybridized carbons (Fsp3) is 0.632. The highest BCUT2D eigenvalue weighted by atomic mass is 16.4. The number of unbranched alkanes of at least 4 members (excludes halogenated alkanes) is 9. The van der Waals surface area contributed by atoms with Crippen molar-refractivity contribution in [2.75, 3.05) is 0 Å². The first kappa shape index (κ1) is 18.5. The van der Waals surface area contributed by atoms with Crippen LogP contribution in [0.15, 0.2) is 18.2 Å². The van der Waals surface area contributed by atoms with Crippen LogP contribution in [0.1, 0.15) is 87.1 Å². The molecule has 0 aliphatic heterocycles. The molecule has 0 aromatic heterocycles. The van der Waals surface area contributed by atoms with Gasteiger partial charge >= 0.3 is 5.97 Å². The molecule has 0 aliphatic rings. The molecule has 22 heavy (non-hydrogen) atoms. The predicted octanol–water partition coefficient (Wildman–Crippen LogP) is 4.92. The van der Waals surface area contributed by atoms with Gasteiger partial charge in [0.15, 0.2) is 0 Å². The van der Waals surface area contributed by atoms with Gasteiger partial charge in [-0.15, -0.1) is 0 Å². The summed E-state index contributed by atoms with van der Waals surface area (Å²) in [4.78, 5) is 10.9. The molecule has 0 bridgehead atoms. The molecule has 124 valence electrons. The van der Waals surface area contributed by atoms with Gasteiger partial charge in [0, 0.05) is 0 Å². The summed E-state index contributed by atoms with van der Waals surface area (Å²) in [5, 5.41) is 20.3. The van der Waals surface area contributed by atoms with E-state index in [1.54, 1.807) is 6.07 Å². The number of carbonyl (C=O) groups is 1. The van der Waals surface area contributed by atoms with Gasteiger partial charge in [0.05, 0.1) is 5.56 Å². The molecule has 0 spiro atoms. The summed E-state index contributed by atoms with van der Waals surface area (Å²) in [5.74, 6) is -1.53. The Kier molecular flexibility index (Phi) is 9.36. The molecule has 0 saturated carbocycles. The van der Waals surface area contributed by atoms with E-state index in [0.29, 0.717) is 0 Å². The maximum absolute atomic E-state index is 11.4. The molecule has 0 amide bonds. The molecule has 3 nitrogen and oxygen atoms in total. The van der Waals surface area contributed by atoms with E-state index in [4.69, 9.17) is 5.11 Å². The van der Waals surface area contributed by atoms with Crippen LogP contribution in [-0.2, 0) is 6.42 Å². The van der Waals surface area contributed by atoms with Crippen molar-refractivity contribution >= 4 is 5.97 Å². The number of hydrogen-bond donors (Lipinski definition) is 1. The molecule has 1 rings (SSSR count). The summed E-state index contributed by atoms with van der Waals surface area (Å²) in [6, 6.07) is 4.65. The van der Waals surface area contributed by atoms with Crippen LogP contribution in [-0.4, -0.2) is 11.1 Å². The van der Waals surface area contributed by atoms with Crippen molar-refractivity contribution in [1.29, 1.82) is 0 Å². The van der Waals surface area contributed by atoms with Crippen molar-refractivity contribution in [2.45, 2.75) is 77.6 Å². The SMILES string of the molecule is CCCCCCCCCCCCc1ccc([O-])c(C(=O)O)c1. The van der Waals surface area contributed by atoms with Crippen LogP contribution in [0.2, 0.25) is 0 Å². The van der Waals surface area contributed by atoms with E-state index in [0.717, 1.165) is 18.4 Å². The Labute approximate surface area is 134 Å². The number of carboxylic acid groups (broad SMARTS) is 1. The maximum Gasteiger partial charge on any atom is 0.335 e. The molecule has 1 aromatic rings. The fourth-order valence-corrected chi connectivity index (χ4v) is 2.72. The minimum atomic E-state index is -1.13. The Hall–Kier alpha value is -1.51. The van der Waals surface area contributed by atoms with Gasteiger partial charge in [0.1, 0.15) is 0 Å². The van der Waals surface area contributed by atoms with Crippen molar-refractivity contribution in [3.8, 4) is 5.75 Å². The third-order valence-electron chi connectivity index (χ3n) is 4.09. The van der Waals surface area contributed by atoms with Crippen molar-refractivity contribution in [3.63, 3.8) is 0 Å². The zero-order valence-electron chi connectivity index (χ0n) is 13.8. The van der Waals surface area contributed by atoms with Crippen LogP contribution in [0.4, 0.5) is 0 Å². The topological polar surface area (TPSA) is 60.4 Å². The number of aryl methyl sites for hydroxylation is 1. The van der Waals surface area contributed by atoms with Crippen molar-refractivity contribution in [3.05, 3.63) is 29.3 Å². The van der Waals surface area contributed by atoms with Crippen molar-refractivity contribution in [2.24, 2.45) is 0 Å². The molecule has 0 aliphatic carbocycles. The Morgan fingerprint density at radius 1 is 0.955 bits per heavy atom. The van der Waals surface area contributed by atoms with Crippen LogP contribution in [0.25, 0.3) is 0 Å². The summed E-state index contributed by atoms with van der Waals surface area (Å²) < 4.78 is 0. The van der Waals surface area contributed by atoms with Crippen LogP contribution < -0.4 is 5.11 Å². The number of hydrogen-bond acceptors (Lipinski definition) is 2. The van der Waals surface area contributed by atoms with Gasteiger partial charge in [-0.1, -0.05) is 82.6 Å². The summed E-state index contributed by atoms with van der Waals surface area (Å²) in [5.41, 5.74) is 0.848. The molecular formula is C19H29O3-. The molecule has 0 fully saturated rings. The van der Waals surface area contributed by atoms with E-state index in [-0.39, 0.29) is 5.56 Å². The quantitative estimate of drug-likeness (QED) is 0.557. The number of aromatic carboxylic acids is 1. The predicted molar refractivity (Wildman–Crippen MR) is 88.4 cm³/mol. The summed E-state index contributed by atoms with van der Waals surface area (Å²) in [7, 11) is 0. The van der Waals surface area contributed by atoms with E-state index in [1.807, 2.05) is 0 Å². The maximum atomic E-state index is 11.4. The average molecular weight is 305 g/mol. The van der Waals surface area contributed by atoms with E-state index in [9.17, 15) is 9.90 Å². The monoisotopic (exact) mass is 305 g/mol. The smallest absolute Gasteiger partial charge is 0.335 e. The second-order valence-electron chi connectivity index (χ2n) is 6.07.